The number of nitrogens with two attached hydrogens (primary N) is 1. The van der Waals surface area contributed by atoms with Crippen molar-refractivity contribution in [2.45, 2.75) is 25.5 Å². The molecule has 3 atom stereocenters. The van der Waals surface area contributed by atoms with Gasteiger partial charge >= 0.3 is 0 Å². The summed E-state index contributed by atoms with van der Waals surface area (Å²) in [5, 5.41) is 9.91. The molecule has 1 saturated heterocycles. The lowest BCUT2D eigenvalue weighted by atomic mass is 10.00. The van der Waals surface area contributed by atoms with Gasteiger partial charge in [0.1, 0.15) is 0 Å². The van der Waals surface area contributed by atoms with Crippen molar-refractivity contribution in [3.8, 4) is 0 Å². The summed E-state index contributed by atoms with van der Waals surface area (Å²) < 4.78 is 0. The van der Waals surface area contributed by atoms with Crippen LogP contribution in [0.1, 0.15) is 18.5 Å². The summed E-state index contributed by atoms with van der Waals surface area (Å²) in [6, 6.07) is 4.10. The van der Waals surface area contributed by atoms with Crippen molar-refractivity contribution in [2.24, 2.45) is 17.6 Å². The van der Waals surface area contributed by atoms with Crippen molar-refractivity contribution in [2.75, 3.05) is 18.0 Å². The number of fused-ring (bicyclic) bond motifs is 1. The molecular weight excluding hydrogens is 214 g/mol. The van der Waals surface area contributed by atoms with E-state index in [2.05, 4.69) is 16.0 Å². The topological polar surface area (TPSA) is 62.4 Å². The third-order valence-corrected chi connectivity index (χ3v) is 4.19. The summed E-state index contributed by atoms with van der Waals surface area (Å²) >= 11 is 0. The van der Waals surface area contributed by atoms with E-state index in [-0.39, 0.29) is 6.10 Å². The molecule has 1 aliphatic heterocycles. The Balaban J connectivity index is 1.78. The van der Waals surface area contributed by atoms with Gasteiger partial charge in [-0.25, -0.2) is 0 Å². The van der Waals surface area contributed by atoms with Crippen LogP contribution in [-0.4, -0.2) is 29.3 Å². The molecule has 2 heterocycles. The fourth-order valence-corrected chi connectivity index (χ4v) is 3.22. The van der Waals surface area contributed by atoms with Gasteiger partial charge in [0.25, 0.3) is 0 Å². The van der Waals surface area contributed by atoms with E-state index < -0.39 is 0 Å². The Labute approximate surface area is 101 Å². The van der Waals surface area contributed by atoms with Gasteiger partial charge in [-0.3, -0.25) is 4.98 Å². The molecule has 4 heteroatoms. The Hall–Kier alpha value is -1.13. The summed E-state index contributed by atoms with van der Waals surface area (Å²) in [5.74, 6) is 1.13. The maximum atomic E-state index is 9.91. The second kappa shape index (κ2) is 4.27. The Morgan fingerprint density at radius 1 is 1.41 bits per heavy atom. The summed E-state index contributed by atoms with van der Waals surface area (Å²) in [6.45, 7) is 2.52. The molecule has 0 radical (unpaired) electrons. The summed E-state index contributed by atoms with van der Waals surface area (Å²) in [6.07, 6.45) is 3.87. The minimum Gasteiger partial charge on any atom is -0.393 e. The van der Waals surface area contributed by atoms with E-state index in [1.807, 2.05) is 12.3 Å². The van der Waals surface area contributed by atoms with Crippen LogP contribution in [0.3, 0.4) is 0 Å². The molecule has 2 fully saturated rings. The van der Waals surface area contributed by atoms with E-state index in [9.17, 15) is 5.11 Å². The number of aliphatic hydroxyl groups excluding tert-OH is 1. The van der Waals surface area contributed by atoms with Gasteiger partial charge in [0, 0.05) is 37.4 Å². The van der Waals surface area contributed by atoms with E-state index in [1.165, 1.54) is 5.69 Å². The highest BCUT2D eigenvalue weighted by Gasteiger charge is 2.41. The number of pyridine rings is 1. The van der Waals surface area contributed by atoms with E-state index in [0.29, 0.717) is 18.4 Å². The predicted octanol–water partition coefficient (Wildman–Crippen LogP) is 0.747. The predicted molar refractivity (Wildman–Crippen MR) is 66.6 cm³/mol. The molecule has 92 valence electrons. The zero-order valence-electron chi connectivity index (χ0n) is 9.92. The van der Waals surface area contributed by atoms with Crippen LogP contribution < -0.4 is 10.6 Å². The van der Waals surface area contributed by atoms with Crippen LogP contribution in [0.5, 0.6) is 0 Å². The molecule has 3 unspecified atom stereocenters. The lowest BCUT2D eigenvalue weighted by Crippen LogP contribution is -2.24. The molecule has 1 aromatic rings. The van der Waals surface area contributed by atoms with E-state index in [1.54, 1.807) is 0 Å². The number of anilines is 1. The molecule has 0 amide bonds. The summed E-state index contributed by atoms with van der Waals surface area (Å²) in [4.78, 5) is 6.58. The molecule has 4 nitrogen and oxygen atoms in total. The maximum Gasteiger partial charge on any atom is 0.0588 e. The summed E-state index contributed by atoms with van der Waals surface area (Å²) in [7, 11) is 0. The maximum absolute atomic E-state index is 9.91. The number of nitrogens with zero attached hydrogens (tertiary/aromatic N) is 2. The SMILES string of the molecule is NCc1cc(N2CC3CCC(O)C3C2)ccn1. The van der Waals surface area contributed by atoms with Crippen molar-refractivity contribution in [1.29, 1.82) is 0 Å². The molecule has 3 N–H and O–H groups in total. The van der Waals surface area contributed by atoms with Crippen molar-refractivity contribution in [1.82, 2.24) is 4.98 Å². The Morgan fingerprint density at radius 3 is 3.06 bits per heavy atom. The largest absolute Gasteiger partial charge is 0.393 e. The van der Waals surface area contributed by atoms with Gasteiger partial charge in [0.15, 0.2) is 0 Å². The zero-order chi connectivity index (χ0) is 11.8. The van der Waals surface area contributed by atoms with Crippen molar-refractivity contribution >= 4 is 5.69 Å². The van der Waals surface area contributed by atoms with Gasteiger partial charge in [-0.05, 0) is 30.9 Å². The first kappa shape index (κ1) is 11.0. The first-order valence-corrected chi connectivity index (χ1v) is 6.36. The molecule has 0 aromatic carbocycles. The average Bonchev–Trinajstić information content (AvgIpc) is 2.92. The van der Waals surface area contributed by atoms with Gasteiger partial charge < -0.3 is 15.7 Å². The normalized spacial score (nSPS) is 31.9. The van der Waals surface area contributed by atoms with Crippen LogP contribution in [-0.2, 0) is 6.54 Å². The van der Waals surface area contributed by atoms with Crippen LogP contribution >= 0.6 is 0 Å². The molecule has 1 aliphatic carbocycles. The highest BCUT2D eigenvalue weighted by atomic mass is 16.3. The highest BCUT2D eigenvalue weighted by molar-refractivity contribution is 5.48. The molecule has 17 heavy (non-hydrogen) atoms. The zero-order valence-corrected chi connectivity index (χ0v) is 9.92. The van der Waals surface area contributed by atoms with Gasteiger partial charge in [0.2, 0.25) is 0 Å². The Bertz CT molecular complexity index is 409. The number of rotatable bonds is 2. The van der Waals surface area contributed by atoms with E-state index >= 15 is 0 Å². The second-order valence-electron chi connectivity index (χ2n) is 5.18. The molecule has 0 spiro atoms. The molecule has 1 saturated carbocycles. The van der Waals surface area contributed by atoms with Gasteiger partial charge in [-0.15, -0.1) is 0 Å². The number of aromatic nitrogens is 1. The molecule has 3 rings (SSSR count). The smallest absolute Gasteiger partial charge is 0.0588 e. The summed E-state index contributed by atoms with van der Waals surface area (Å²) in [5.41, 5.74) is 7.74. The van der Waals surface area contributed by atoms with E-state index in [4.69, 9.17) is 5.73 Å². The number of hydrogen-bond acceptors (Lipinski definition) is 4. The monoisotopic (exact) mass is 233 g/mol. The lowest BCUT2D eigenvalue weighted by Gasteiger charge is -2.20. The highest BCUT2D eigenvalue weighted by Crippen LogP contribution is 2.39. The molecular formula is C13H19N3O. The third kappa shape index (κ3) is 1.91. The van der Waals surface area contributed by atoms with Crippen molar-refractivity contribution < 1.29 is 5.11 Å². The first-order chi connectivity index (χ1) is 8.28. The van der Waals surface area contributed by atoms with Gasteiger partial charge in [0.05, 0.1) is 11.8 Å². The Kier molecular flexibility index (Phi) is 2.76. The second-order valence-corrected chi connectivity index (χ2v) is 5.18. The van der Waals surface area contributed by atoms with Crippen LogP contribution in [0.25, 0.3) is 0 Å². The fraction of sp³-hybridized carbons (Fsp3) is 0.615. The van der Waals surface area contributed by atoms with E-state index in [0.717, 1.165) is 31.6 Å². The average molecular weight is 233 g/mol. The van der Waals surface area contributed by atoms with Gasteiger partial charge in [-0.1, -0.05) is 0 Å². The Morgan fingerprint density at radius 2 is 2.29 bits per heavy atom. The lowest BCUT2D eigenvalue weighted by molar-refractivity contribution is 0.133. The van der Waals surface area contributed by atoms with Crippen molar-refractivity contribution in [3.63, 3.8) is 0 Å². The van der Waals surface area contributed by atoms with Crippen molar-refractivity contribution in [3.05, 3.63) is 24.0 Å². The standard InChI is InChI=1S/C13H19N3O/c14-6-10-5-11(3-4-15-10)16-7-9-1-2-13(17)12(9)8-16/h3-5,9,12-13,17H,1-2,6-8,14H2. The minimum absolute atomic E-state index is 0.0965. The quantitative estimate of drug-likeness (QED) is 0.791. The molecule has 2 aliphatic rings. The number of hydrogen-bond donors (Lipinski definition) is 2. The van der Waals surface area contributed by atoms with Crippen LogP contribution in [0.2, 0.25) is 0 Å². The van der Waals surface area contributed by atoms with Crippen LogP contribution in [0.15, 0.2) is 18.3 Å². The van der Waals surface area contributed by atoms with Crippen LogP contribution in [0.4, 0.5) is 5.69 Å². The van der Waals surface area contributed by atoms with Crippen LogP contribution in [0, 0.1) is 11.8 Å². The molecule has 1 aromatic heterocycles. The minimum atomic E-state index is -0.0965. The third-order valence-electron chi connectivity index (χ3n) is 4.19. The first-order valence-electron chi connectivity index (χ1n) is 6.36. The fourth-order valence-electron chi connectivity index (χ4n) is 3.22. The number of aliphatic hydroxyl groups is 1. The van der Waals surface area contributed by atoms with Gasteiger partial charge in [-0.2, -0.15) is 0 Å². The molecule has 0 bridgehead atoms.